The van der Waals surface area contributed by atoms with Crippen LogP contribution < -0.4 is 4.73 Å². The van der Waals surface area contributed by atoms with E-state index in [0.717, 1.165) is 17.7 Å². The number of hydrogen-bond acceptors (Lipinski definition) is 1. The Morgan fingerprint density at radius 2 is 2.40 bits per heavy atom. The third-order valence-corrected chi connectivity index (χ3v) is 1.72. The lowest BCUT2D eigenvalue weighted by Gasteiger charge is -1.90. The molecule has 1 aliphatic carbocycles. The molecule has 0 unspecified atom stereocenters. The molecular formula is C8H8NO+. The normalized spacial score (nSPS) is 13.6. The van der Waals surface area contributed by atoms with Crippen LogP contribution in [0.3, 0.4) is 0 Å². The van der Waals surface area contributed by atoms with Gasteiger partial charge in [0.25, 0.3) is 0 Å². The largest absolute Gasteiger partial charge is 0.285 e. The van der Waals surface area contributed by atoms with E-state index in [1.54, 1.807) is 6.20 Å². The first-order valence-corrected chi connectivity index (χ1v) is 3.27. The van der Waals surface area contributed by atoms with Crippen LogP contribution in [0.5, 0.6) is 0 Å². The van der Waals surface area contributed by atoms with Crippen molar-refractivity contribution in [1.29, 1.82) is 0 Å². The summed E-state index contributed by atoms with van der Waals surface area (Å²) < 4.78 is 1.18. The van der Waals surface area contributed by atoms with Gasteiger partial charge in [0.2, 0.25) is 11.9 Å². The Bertz CT molecular complexity index is 291. The van der Waals surface area contributed by atoms with Crippen molar-refractivity contribution in [2.24, 2.45) is 0 Å². The Hall–Kier alpha value is -1.31. The van der Waals surface area contributed by atoms with Crippen molar-refractivity contribution in [3.63, 3.8) is 0 Å². The smallest absolute Gasteiger partial charge is 0.244 e. The van der Waals surface area contributed by atoms with Crippen molar-refractivity contribution in [3.8, 4) is 0 Å². The fourth-order valence-electron chi connectivity index (χ4n) is 1.21. The summed E-state index contributed by atoms with van der Waals surface area (Å²) in [6.45, 7) is 0. The predicted molar refractivity (Wildman–Crippen MR) is 36.6 cm³/mol. The molecule has 10 heavy (non-hydrogen) atoms. The van der Waals surface area contributed by atoms with Crippen LogP contribution in [-0.4, -0.2) is 5.21 Å². The van der Waals surface area contributed by atoms with Gasteiger partial charge in [-0.1, -0.05) is 12.2 Å². The standard InChI is InChI=1S/C8H8NO/c10-9-6-2-4-7-3-1-5-8(7)9/h1-4,6,10H,5H2/q+1. The first-order chi connectivity index (χ1) is 4.88. The molecule has 0 radical (unpaired) electrons. The minimum absolute atomic E-state index is 0.840. The summed E-state index contributed by atoms with van der Waals surface area (Å²) >= 11 is 0. The van der Waals surface area contributed by atoms with Gasteiger partial charge >= 0.3 is 0 Å². The number of allylic oxidation sites excluding steroid dienone is 1. The van der Waals surface area contributed by atoms with Gasteiger partial charge in [-0.3, -0.25) is 5.21 Å². The van der Waals surface area contributed by atoms with E-state index >= 15 is 0 Å². The Kier molecular flexibility index (Phi) is 1.01. The van der Waals surface area contributed by atoms with Gasteiger partial charge in [-0.2, -0.15) is 0 Å². The maximum absolute atomic E-state index is 9.21. The fourth-order valence-corrected chi connectivity index (χ4v) is 1.21. The lowest BCUT2D eigenvalue weighted by Crippen LogP contribution is -2.34. The van der Waals surface area contributed by atoms with Crippen LogP contribution in [-0.2, 0) is 6.42 Å². The molecule has 0 saturated heterocycles. The summed E-state index contributed by atoms with van der Waals surface area (Å²) in [6.07, 6.45) is 6.54. The summed E-state index contributed by atoms with van der Waals surface area (Å²) in [6, 6.07) is 3.82. The molecule has 0 aliphatic heterocycles. The van der Waals surface area contributed by atoms with Crippen molar-refractivity contribution in [2.45, 2.75) is 6.42 Å². The molecular weight excluding hydrogens is 126 g/mol. The summed E-state index contributed by atoms with van der Waals surface area (Å²) in [5.74, 6) is 0. The van der Waals surface area contributed by atoms with Crippen LogP contribution in [0.2, 0.25) is 0 Å². The highest BCUT2D eigenvalue weighted by Crippen LogP contribution is 2.13. The van der Waals surface area contributed by atoms with E-state index in [-0.39, 0.29) is 0 Å². The van der Waals surface area contributed by atoms with E-state index in [1.807, 2.05) is 24.3 Å². The highest BCUT2D eigenvalue weighted by molar-refractivity contribution is 5.55. The van der Waals surface area contributed by atoms with Crippen LogP contribution in [0, 0.1) is 0 Å². The molecule has 0 atom stereocenters. The highest BCUT2D eigenvalue weighted by Gasteiger charge is 2.15. The molecule has 0 spiro atoms. The van der Waals surface area contributed by atoms with Gasteiger partial charge in [-0.15, -0.1) is 0 Å². The molecule has 1 aromatic heterocycles. The van der Waals surface area contributed by atoms with Crippen molar-refractivity contribution < 1.29 is 9.94 Å². The van der Waals surface area contributed by atoms with Gasteiger partial charge in [0.05, 0.1) is 6.42 Å². The number of nitrogens with zero attached hydrogens (tertiary/aromatic N) is 1. The lowest BCUT2D eigenvalue weighted by atomic mass is 10.2. The zero-order valence-corrected chi connectivity index (χ0v) is 5.49. The second-order valence-electron chi connectivity index (χ2n) is 2.36. The van der Waals surface area contributed by atoms with E-state index in [9.17, 15) is 5.21 Å². The SMILES string of the molecule is O[n+]1cccc2c1CC=C2. The van der Waals surface area contributed by atoms with Crippen LogP contribution in [0.15, 0.2) is 24.4 Å². The highest BCUT2D eigenvalue weighted by atomic mass is 16.5. The molecule has 1 aliphatic rings. The first kappa shape index (κ1) is 5.47. The second-order valence-corrected chi connectivity index (χ2v) is 2.36. The molecule has 1 heterocycles. The number of rotatable bonds is 0. The van der Waals surface area contributed by atoms with Crippen LogP contribution in [0.1, 0.15) is 11.3 Å². The number of aromatic nitrogens is 1. The van der Waals surface area contributed by atoms with Gasteiger partial charge in [0.1, 0.15) is 0 Å². The third kappa shape index (κ3) is 0.620. The minimum atomic E-state index is 0.840. The summed E-state index contributed by atoms with van der Waals surface area (Å²) in [4.78, 5) is 0. The summed E-state index contributed by atoms with van der Waals surface area (Å²) in [7, 11) is 0. The summed E-state index contributed by atoms with van der Waals surface area (Å²) in [5.41, 5.74) is 2.09. The minimum Gasteiger partial charge on any atom is -0.285 e. The predicted octanol–water partition coefficient (Wildman–Crippen LogP) is 0.781. The van der Waals surface area contributed by atoms with Gasteiger partial charge < -0.3 is 0 Å². The van der Waals surface area contributed by atoms with Crippen molar-refractivity contribution in [2.75, 3.05) is 0 Å². The monoisotopic (exact) mass is 134 g/mol. The molecule has 1 N–H and O–H groups in total. The zero-order chi connectivity index (χ0) is 6.97. The molecule has 0 aromatic carbocycles. The van der Waals surface area contributed by atoms with E-state index in [0.29, 0.717) is 0 Å². The first-order valence-electron chi connectivity index (χ1n) is 3.27. The Morgan fingerprint density at radius 3 is 3.20 bits per heavy atom. The van der Waals surface area contributed by atoms with Gasteiger partial charge in [-0.25, -0.2) is 0 Å². The Morgan fingerprint density at radius 1 is 1.50 bits per heavy atom. The maximum atomic E-state index is 9.21. The molecule has 2 rings (SSSR count). The molecule has 0 amide bonds. The molecule has 2 nitrogen and oxygen atoms in total. The van der Waals surface area contributed by atoms with Gasteiger partial charge in [-0.05, 0) is 6.07 Å². The van der Waals surface area contributed by atoms with Crippen molar-refractivity contribution in [3.05, 3.63) is 35.7 Å². The molecule has 50 valence electrons. The topological polar surface area (TPSA) is 24.1 Å². The van der Waals surface area contributed by atoms with Crippen LogP contribution in [0.4, 0.5) is 0 Å². The summed E-state index contributed by atoms with van der Waals surface area (Å²) in [5, 5.41) is 9.21. The molecule has 0 bridgehead atoms. The average Bonchev–Trinajstić information content (AvgIpc) is 2.36. The lowest BCUT2D eigenvalue weighted by molar-refractivity contribution is -0.909. The van der Waals surface area contributed by atoms with Crippen molar-refractivity contribution in [1.82, 2.24) is 0 Å². The number of hydrogen-bond donors (Lipinski definition) is 1. The molecule has 0 saturated carbocycles. The van der Waals surface area contributed by atoms with Crippen molar-refractivity contribution >= 4 is 6.08 Å². The van der Waals surface area contributed by atoms with Crippen LogP contribution >= 0.6 is 0 Å². The average molecular weight is 134 g/mol. The van der Waals surface area contributed by atoms with E-state index in [1.165, 1.54) is 4.73 Å². The van der Waals surface area contributed by atoms with Crippen LogP contribution in [0.25, 0.3) is 6.08 Å². The Balaban J connectivity index is 2.66. The zero-order valence-electron chi connectivity index (χ0n) is 5.49. The van der Waals surface area contributed by atoms with E-state index in [4.69, 9.17) is 0 Å². The third-order valence-electron chi connectivity index (χ3n) is 1.72. The number of fused-ring (bicyclic) bond motifs is 1. The fraction of sp³-hybridized carbons (Fsp3) is 0.125. The quantitative estimate of drug-likeness (QED) is 0.411. The van der Waals surface area contributed by atoms with Gasteiger partial charge in [0.15, 0.2) is 0 Å². The Labute approximate surface area is 59.0 Å². The van der Waals surface area contributed by atoms with Gasteiger partial charge in [0, 0.05) is 16.4 Å². The second kappa shape index (κ2) is 1.84. The van der Waals surface area contributed by atoms with E-state index < -0.39 is 0 Å². The molecule has 2 heteroatoms. The molecule has 1 aromatic rings. The van der Waals surface area contributed by atoms with E-state index in [2.05, 4.69) is 0 Å². The molecule has 0 fully saturated rings. The number of pyridine rings is 1. The maximum Gasteiger partial charge on any atom is 0.244 e.